The zero-order valence-corrected chi connectivity index (χ0v) is 13.9. The van der Waals surface area contributed by atoms with Gasteiger partial charge in [-0.15, -0.1) is 0 Å². The maximum Gasteiger partial charge on any atom is 0.324 e. The highest BCUT2D eigenvalue weighted by molar-refractivity contribution is 5.99. The predicted octanol–water partition coefficient (Wildman–Crippen LogP) is 1.66. The second-order valence-corrected chi connectivity index (χ2v) is 5.32. The van der Waals surface area contributed by atoms with Crippen LogP contribution in [0.5, 0.6) is 0 Å². The monoisotopic (exact) mass is 332 g/mol. The van der Waals surface area contributed by atoms with E-state index in [0.29, 0.717) is 19.5 Å². The Morgan fingerprint density at radius 1 is 1.42 bits per heavy atom. The van der Waals surface area contributed by atoms with Gasteiger partial charge in [-0.2, -0.15) is 5.10 Å². The molecule has 0 unspecified atom stereocenters. The number of amides is 1. The lowest BCUT2D eigenvalue weighted by Gasteiger charge is -2.08. The van der Waals surface area contributed by atoms with Crippen molar-refractivity contribution < 1.29 is 9.72 Å². The van der Waals surface area contributed by atoms with E-state index in [-0.39, 0.29) is 17.1 Å². The number of hydrogen-bond acceptors (Lipinski definition) is 6. The van der Waals surface area contributed by atoms with Crippen LogP contribution in [-0.2, 0) is 6.54 Å². The number of nitrogens with zero attached hydrogens (tertiary/aromatic N) is 4. The van der Waals surface area contributed by atoms with E-state index in [1.54, 1.807) is 0 Å². The minimum Gasteiger partial charge on any atom is -0.367 e. The fourth-order valence-corrected chi connectivity index (χ4v) is 2.43. The quantitative estimate of drug-likeness (QED) is 0.453. The zero-order valence-electron chi connectivity index (χ0n) is 13.9. The van der Waals surface area contributed by atoms with Gasteiger partial charge in [-0.1, -0.05) is 0 Å². The number of pyridine rings is 1. The van der Waals surface area contributed by atoms with Gasteiger partial charge in [0.25, 0.3) is 5.91 Å². The van der Waals surface area contributed by atoms with Gasteiger partial charge in [-0.25, -0.2) is 4.98 Å². The summed E-state index contributed by atoms with van der Waals surface area (Å²) < 4.78 is 1.87. The molecule has 1 amide bonds. The molecule has 0 bridgehead atoms. The lowest BCUT2D eigenvalue weighted by molar-refractivity contribution is -0.384. The van der Waals surface area contributed by atoms with Gasteiger partial charge in [0.1, 0.15) is 5.56 Å². The van der Waals surface area contributed by atoms with E-state index in [1.165, 1.54) is 19.3 Å². The summed E-state index contributed by atoms with van der Waals surface area (Å²) in [5.74, 6) is -0.427. The van der Waals surface area contributed by atoms with Gasteiger partial charge in [0.05, 0.1) is 10.6 Å². The van der Waals surface area contributed by atoms with E-state index in [9.17, 15) is 14.9 Å². The molecule has 128 valence electrons. The number of aryl methyl sites for hydroxylation is 3. The summed E-state index contributed by atoms with van der Waals surface area (Å²) in [6, 6.07) is 3.33. The molecule has 0 saturated heterocycles. The second-order valence-electron chi connectivity index (χ2n) is 5.32. The second kappa shape index (κ2) is 7.53. The van der Waals surface area contributed by atoms with Crippen LogP contribution in [0.15, 0.2) is 18.3 Å². The van der Waals surface area contributed by atoms with Crippen molar-refractivity contribution in [3.63, 3.8) is 0 Å². The molecule has 2 aromatic rings. The molecule has 2 aromatic heterocycles. The number of aromatic nitrogens is 3. The first kappa shape index (κ1) is 17.4. The van der Waals surface area contributed by atoms with Crippen LogP contribution < -0.4 is 10.6 Å². The summed E-state index contributed by atoms with van der Waals surface area (Å²) >= 11 is 0. The Hall–Kier alpha value is -2.97. The summed E-state index contributed by atoms with van der Waals surface area (Å²) in [7, 11) is 1.52. The van der Waals surface area contributed by atoms with Gasteiger partial charge >= 0.3 is 5.69 Å². The summed E-state index contributed by atoms with van der Waals surface area (Å²) in [6.45, 7) is 4.96. The third kappa shape index (κ3) is 3.86. The van der Waals surface area contributed by atoms with Gasteiger partial charge in [0.15, 0.2) is 0 Å². The van der Waals surface area contributed by atoms with Gasteiger partial charge in [-0.3, -0.25) is 19.6 Å². The maximum atomic E-state index is 12.2. The van der Waals surface area contributed by atoms with Gasteiger partial charge in [0.2, 0.25) is 5.82 Å². The molecule has 24 heavy (non-hydrogen) atoms. The lowest BCUT2D eigenvalue weighted by atomic mass is 10.2. The first-order chi connectivity index (χ1) is 11.4. The topological polar surface area (TPSA) is 115 Å². The number of carbonyl (C=O) groups is 1. The molecule has 0 fully saturated rings. The Labute approximate surface area is 139 Å². The van der Waals surface area contributed by atoms with E-state index in [4.69, 9.17) is 0 Å². The van der Waals surface area contributed by atoms with Crippen molar-refractivity contribution in [2.45, 2.75) is 26.8 Å². The van der Waals surface area contributed by atoms with Crippen LogP contribution in [-0.4, -0.2) is 39.2 Å². The van der Waals surface area contributed by atoms with Crippen LogP contribution in [0.3, 0.4) is 0 Å². The molecular weight excluding hydrogens is 312 g/mol. The Bertz CT molecular complexity index is 756. The summed E-state index contributed by atoms with van der Waals surface area (Å²) in [5.41, 5.74) is 1.67. The molecule has 0 aromatic carbocycles. The molecule has 2 rings (SSSR count). The number of nitro groups is 1. The Balaban J connectivity index is 1.98. The standard InChI is InChI=1S/C15H20N6O3/c1-10-9-11(2)20(19-10)8-4-6-18-15(22)12-5-7-17-14(16-3)13(12)21(23)24/h5,7,9H,4,6,8H2,1-3H3,(H,16,17)(H,18,22). The van der Waals surface area contributed by atoms with Crippen LogP contribution >= 0.6 is 0 Å². The van der Waals surface area contributed by atoms with Crippen LogP contribution in [0.2, 0.25) is 0 Å². The van der Waals surface area contributed by atoms with Crippen molar-refractivity contribution in [1.29, 1.82) is 0 Å². The van der Waals surface area contributed by atoms with Crippen molar-refractivity contribution in [2.75, 3.05) is 18.9 Å². The summed E-state index contributed by atoms with van der Waals surface area (Å²) in [5, 5.41) is 20.9. The fraction of sp³-hybridized carbons (Fsp3) is 0.400. The summed E-state index contributed by atoms with van der Waals surface area (Å²) in [6.07, 6.45) is 2.04. The highest BCUT2D eigenvalue weighted by Crippen LogP contribution is 2.25. The van der Waals surface area contributed by atoms with Crippen molar-refractivity contribution in [2.24, 2.45) is 0 Å². The Morgan fingerprint density at radius 3 is 2.75 bits per heavy atom. The highest BCUT2D eigenvalue weighted by Gasteiger charge is 2.24. The SMILES string of the molecule is CNc1nccc(C(=O)NCCCn2nc(C)cc2C)c1[N+](=O)[O-]. The minimum absolute atomic E-state index is 0.00883. The molecule has 9 heteroatoms. The van der Waals surface area contributed by atoms with Gasteiger partial charge < -0.3 is 10.6 Å². The molecule has 0 atom stereocenters. The number of rotatable bonds is 7. The van der Waals surface area contributed by atoms with Crippen LogP contribution in [0.1, 0.15) is 28.2 Å². The minimum atomic E-state index is -0.608. The molecule has 0 aliphatic heterocycles. The molecule has 0 aliphatic carbocycles. The number of carbonyl (C=O) groups excluding carboxylic acids is 1. The number of hydrogen-bond donors (Lipinski definition) is 2. The number of anilines is 1. The zero-order chi connectivity index (χ0) is 17.7. The Morgan fingerprint density at radius 2 is 2.17 bits per heavy atom. The van der Waals surface area contributed by atoms with Crippen molar-refractivity contribution >= 4 is 17.4 Å². The molecule has 0 radical (unpaired) electrons. The van der Waals surface area contributed by atoms with Crippen molar-refractivity contribution in [3.05, 3.63) is 45.4 Å². The summed E-state index contributed by atoms with van der Waals surface area (Å²) in [4.78, 5) is 26.7. The third-order valence-electron chi connectivity index (χ3n) is 3.52. The van der Waals surface area contributed by atoms with E-state index in [2.05, 4.69) is 20.7 Å². The third-order valence-corrected chi connectivity index (χ3v) is 3.52. The van der Waals surface area contributed by atoms with Crippen molar-refractivity contribution in [1.82, 2.24) is 20.1 Å². The average Bonchev–Trinajstić information content (AvgIpc) is 2.87. The molecule has 2 N–H and O–H groups in total. The molecule has 9 nitrogen and oxygen atoms in total. The van der Waals surface area contributed by atoms with E-state index in [0.717, 1.165) is 11.4 Å². The molecular formula is C15H20N6O3. The lowest BCUT2D eigenvalue weighted by Crippen LogP contribution is -2.26. The fourth-order valence-electron chi connectivity index (χ4n) is 2.43. The van der Waals surface area contributed by atoms with E-state index >= 15 is 0 Å². The van der Waals surface area contributed by atoms with Crippen LogP contribution in [0, 0.1) is 24.0 Å². The Kier molecular flexibility index (Phi) is 5.46. The molecule has 0 aliphatic rings. The van der Waals surface area contributed by atoms with Crippen LogP contribution in [0.4, 0.5) is 11.5 Å². The van der Waals surface area contributed by atoms with Crippen molar-refractivity contribution in [3.8, 4) is 0 Å². The largest absolute Gasteiger partial charge is 0.367 e. The van der Waals surface area contributed by atoms with E-state index in [1.807, 2.05) is 24.6 Å². The van der Waals surface area contributed by atoms with Gasteiger partial charge in [-0.05, 0) is 32.4 Å². The van der Waals surface area contributed by atoms with E-state index < -0.39 is 10.8 Å². The molecule has 0 saturated carbocycles. The highest BCUT2D eigenvalue weighted by atomic mass is 16.6. The smallest absolute Gasteiger partial charge is 0.324 e. The van der Waals surface area contributed by atoms with Crippen LogP contribution in [0.25, 0.3) is 0 Å². The van der Waals surface area contributed by atoms with Gasteiger partial charge in [0, 0.05) is 32.0 Å². The normalized spacial score (nSPS) is 10.5. The maximum absolute atomic E-state index is 12.2. The first-order valence-electron chi connectivity index (χ1n) is 7.54. The molecule has 0 spiro atoms. The predicted molar refractivity (Wildman–Crippen MR) is 89.1 cm³/mol. The average molecular weight is 332 g/mol. The number of nitrogens with one attached hydrogen (secondary N) is 2. The molecule has 2 heterocycles. The first-order valence-corrected chi connectivity index (χ1v) is 7.54.